The molecule has 0 fully saturated rings. The zero-order valence-corrected chi connectivity index (χ0v) is 14.6. The molecule has 2 aromatic carbocycles. The van der Waals surface area contributed by atoms with Crippen molar-refractivity contribution in [1.82, 2.24) is 14.9 Å². The SMILES string of the molecule is CNCc1cnc(C)n1-c1ccc(Cl)cc1C(=O)c1ccccc1F. The Morgan fingerprint density at radius 3 is 2.72 bits per heavy atom. The zero-order chi connectivity index (χ0) is 18.0. The molecule has 1 heterocycles. The lowest BCUT2D eigenvalue weighted by Gasteiger charge is -2.15. The Bertz CT molecular complexity index is 936. The molecule has 0 unspecified atom stereocenters. The maximum atomic E-state index is 14.1. The molecule has 0 saturated heterocycles. The zero-order valence-electron chi connectivity index (χ0n) is 13.9. The van der Waals surface area contributed by atoms with Crippen molar-refractivity contribution in [3.63, 3.8) is 0 Å². The van der Waals surface area contributed by atoms with Crippen LogP contribution in [-0.4, -0.2) is 22.4 Å². The summed E-state index contributed by atoms with van der Waals surface area (Å²) in [6.07, 6.45) is 1.75. The summed E-state index contributed by atoms with van der Waals surface area (Å²) in [6.45, 7) is 2.43. The fourth-order valence-electron chi connectivity index (χ4n) is 2.80. The minimum Gasteiger partial charge on any atom is -0.314 e. The lowest BCUT2D eigenvalue weighted by atomic mass is 10.0. The summed E-state index contributed by atoms with van der Waals surface area (Å²) < 4.78 is 16.0. The molecule has 6 heteroatoms. The van der Waals surface area contributed by atoms with Crippen molar-refractivity contribution < 1.29 is 9.18 Å². The maximum absolute atomic E-state index is 14.1. The number of aryl methyl sites for hydroxylation is 1. The molecule has 0 atom stereocenters. The van der Waals surface area contributed by atoms with Crippen molar-refractivity contribution in [2.75, 3.05) is 7.05 Å². The molecule has 3 aromatic rings. The second-order valence-corrected chi connectivity index (χ2v) is 6.07. The minimum atomic E-state index is -0.559. The van der Waals surface area contributed by atoms with Crippen LogP contribution < -0.4 is 5.32 Å². The van der Waals surface area contributed by atoms with Gasteiger partial charge in [0.1, 0.15) is 11.6 Å². The van der Waals surface area contributed by atoms with Gasteiger partial charge in [-0.15, -0.1) is 0 Å². The van der Waals surface area contributed by atoms with Gasteiger partial charge in [-0.1, -0.05) is 23.7 Å². The normalized spacial score (nSPS) is 10.9. The van der Waals surface area contributed by atoms with Gasteiger partial charge in [0.05, 0.1) is 23.1 Å². The van der Waals surface area contributed by atoms with E-state index in [9.17, 15) is 9.18 Å². The first-order chi connectivity index (χ1) is 12.0. The highest BCUT2D eigenvalue weighted by Crippen LogP contribution is 2.26. The largest absolute Gasteiger partial charge is 0.314 e. The highest BCUT2D eigenvalue weighted by molar-refractivity contribution is 6.31. The van der Waals surface area contributed by atoms with E-state index in [2.05, 4.69) is 10.3 Å². The molecular formula is C19H17ClFN3O. The van der Waals surface area contributed by atoms with Crippen LogP contribution in [0.1, 0.15) is 27.4 Å². The third kappa shape index (κ3) is 3.34. The molecule has 1 aromatic heterocycles. The molecule has 0 bridgehead atoms. The average Bonchev–Trinajstić information content (AvgIpc) is 2.96. The standard InChI is InChI=1S/C19H17ClFN3O/c1-12-23-11-14(10-22-2)24(12)18-8-7-13(20)9-16(18)19(25)15-5-3-4-6-17(15)21/h3-9,11,22H,10H2,1-2H3. The fraction of sp³-hybridized carbons (Fsp3) is 0.158. The molecule has 0 aliphatic carbocycles. The van der Waals surface area contributed by atoms with Gasteiger partial charge >= 0.3 is 0 Å². The maximum Gasteiger partial charge on any atom is 0.198 e. The van der Waals surface area contributed by atoms with Crippen LogP contribution in [0.5, 0.6) is 0 Å². The Labute approximate surface area is 150 Å². The summed E-state index contributed by atoms with van der Waals surface area (Å²) in [5, 5.41) is 3.49. The first-order valence-corrected chi connectivity index (χ1v) is 8.17. The Kier molecular flexibility index (Phi) is 4.97. The van der Waals surface area contributed by atoms with Crippen LogP contribution in [0.25, 0.3) is 5.69 Å². The number of carbonyl (C=O) groups is 1. The van der Waals surface area contributed by atoms with Crippen molar-refractivity contribution in [1.29, 1.82) is 0 Å². The Hall–Kier alpha value is -2.50. The van der Waals surface area contributed by atoms with E-state index in [0.717, 1.165) is 11.5 Å². The average molecular weight is 358 g/mol. The molecule has 128 valence electrons. The van der Waals surface area contributed by atoms with Crippen molar-refractivity contribution >= 4 is 17.4 Å². The molecule has 0 saturated carbocycles. The Balaban J connectivity index is 2.20. The van der Waals surface area contributed by atoms with Crippen molar-refractivity contribution in [2.45, 2.75) is 13.5 Å². The molecule has 0 aliphatic rings. The monoisotopic (exact) mass is 357 g/mol. The van der Waals surface area contributed by atoms with Gasteiger partial charge in [-0.05, 0) is 44.3 Å². The third-order valence-corrected chi connectivity index (χ3v) is 4.17. The van der Waals surface area contributed by atoms with E-state index in [0.29, 0.717) is 22.8 Å². The number of hydrogen-bond donors (Lipinski definition) is 1. The first-order valence-electron chi connectivity index (χ1n) is 7.80. The van der Waals surface area contributed by atoms with Gasteiger partial charge in [0, 0.05) is 17.1 Å². The number of halogens is 2. The second-order valence-electron chi connectivity index (χ2n) is 5.63. The van der Waals surface area contributed by atoms with E-state index in [1.807, 2.05) is 18.5 Å². The number of nitrogens with zero attached hydrogens (tertiary/aromatic N) is 2. The van der Waals surface area contributed by atoms with Crippen LogP contribution in [0.3, 0.4) is 0 Å². The summed E-state index contributed by atoms with van der Waals surface area (Å²) >= 11 is 6.11. The van der Waals surface area contributed by atoms with E-state index < -0.39 is 11.6 Å². The quantitative estimate of drug-likeness (QED) is 0.704. The number of aromatic nitrogens is 2. The van der Waals surface area contributed by atoms with Gasteiger partial charge in [-0.25, -0.2) is 9.37 Å². The number of carbonyl (C=O) groups excluding carboxylic acids is 1. The van der Waals surface area contributed by atoms with E-state index in [1.54, 1.807) is 36.5 Å². The molecule has 25 heavy (non-hydrogen) atoms. The predicted octanol–water partition coefficient (Wildman–Crippen LogP) is 3.92. The predicted molar refractivity (Wildman–Crippen MR) is 95.9 cm³/mol. The number of rotatable bonds is 5. The molecule has 0 aliphatic heterocycles. The smallest absolute Gasteiger partial charge is 0.198 e. The number of benzene rings is 2. The summed E-state index contributed by atoms with van der Waals surface area (Å²) in [5.74, 6) is -0.245. The summed E-state index contributed by atoms with van der Waals surface area (Å²) in [7, 11) is 1.83. The number of imidazole rings is 1. The molecule has 1 N–H and O–H groups in total. The third-order valence-electron chi connectivity index (χ3n) is 3.93. The molecule has 0 spiro atoms. The van der Waals surface area contributed by atoms with Gasteiger partial charge in [0.15, 0.2) is 5.78 Å². The fourth-order valence-corrected chi connectivity index (χ4v) is 2.97. The van der Waals surface area contributed by atoms with Crippen LogP contribution in [0.2, 0.25) is 5.02 Å². The molecule has 3 rings (SSSR count). The number of ketones is 1. The minimum absolute atomic E-state index is 0.0129. The van der Waals surface area contributed by atoms with Gasteiger partial charge in [-0.3, -0.25) is 9.36 Å². The van der Waals surface area contributed by atoms with Gasteiger partial charge in [0.2, 0.25) is 0 Å². The van der Waals surface area contributed by atoms with Crippen LogP contribution in [-0.2, 0) is 6.54 Å². The van der Waals surface area contributed by atoms with E-state index in [-0.39, 0.29) is 5.56 Å². The van der Waals surface area contributed by atoms with Crippen molar-refractivity contribution in [2.24, 2.45) is 0 Å². The Morgan fingerprint density at radius 2 is 2.00 bits per heavy atom. The molecule has 0 radical (unpaired) electrons. The van der Waals surface area contributed by atoms with E-state index in [4.69, 9.17) is 11.6 Å². The highest BCUT2D eigenvalue weighted by Gasteiger charge is 2.20. The van der Waals surface area contributed by atoms with E-state index in [1.165, 1.54) is 12.1 Å². The number of nitrogens with one attached hydrogen (secondary N) is 1. The van der Waals surface area contributed by atoms with Crippen LogP contribution >= 0.6 is 11.6 Å². The molecular weight excluding hydrogens is 341 g/mol. The Morgan fingerprint density at radius 1 is 1.24 bits per heavy atom. The summed E-state index contributed by atoms with van der Waals surface area (Å²) in [5.41, 5.74) is 1.86. The molecule has 0 amide bonds. The highest BCUT2D eigenvalue weighted by atomic mass is 35.5. The number of hydrogen-bond acceptors (Lipinski definition) is 3. The van der Waals surface area contributed by atoms with Crippen molar-refractivity contribution in [3.05, 3.63) is 82.1 Å². The summed E-state index contributed by atoms with van der Waals surface area (Å²) in [6, 6.07) is 10.9. The first kappa shape index (κ1) is 17.3. The van der Waals surface area contributed by atoms with Gasteiger partial charge in [0.25, 0.3) is 0 Å². The second kappa shape index (κ2) is 7.17. The van der Waals surface area contributed by atoms with Gasteiger partial charge in [-0.2, -0.15) is 0 Å². The lowest BCUT2D eigenvalue weighted by molar-refractivity contribution is 0.103. The molecule has 4 nitrogen and oxygen atoms in total. The summed E-state index contributed by atoms with van der Waals surface area (Å²) in [4.78, 5) is 17.3. The van der Waals surface area contributed by atoms with Crippen LogP contribution in [0.15, 0.2) is 48.7 Å². The van der Waals surface area contributed by atoms with Gasteiger partial charge < -0.3 is 5.32 Å². The lowest BCUT2D eigenvalue weighted by Crippen LogP contribution is -2.15. The topological polar surface area (TPSA) is 46.9 Å². The van der Waals surface area contributed by atoms with Crippen molar-refractivity contribution in [3.8, 4) is 5.69 Å². The van der Waals surface area contributed by atoms with Crippen LogP contribution in [0, 0.1) is 12.7 Å². The van der Waals surface area contributed by atoms with Crippen LogP contribution in [0.4, 0.5) is 4.39 Å². The van der Waals surface area contributed by atoms with E-state index >= 15 is 0 Å².